The molecule has 4 heterocycles. The third kappa shape index (κ3) is 5.42. The number of halogens is 5. The molecule has 1 fully saturated rings. The third-order valence-electron chi connectivity index (χ3n) is 7.50. The molecular weight excluding hydrogens is 823 g/mol. The Morgan fingerprint density at radius 3 is 1.90 bits per heavy atom. The third-order valence-corrected chi connectivity index (χ3v) is 11.8. The fourth-order valence-electron chi connectivity index (χ4n) is 5.78. The maximum Gasteiger partial charge on any atom is 0.267 e. The molecule has 41 heavy (non-hydrogen) atoms. The number of aliphatic hydroxyl groups excluding tert-OH is 1. The number of aromatic nitrogens is 2. The van der Waals surface area contributed by atoms with Gasteiger partial charge in [-0.3, -0.25) is 19.7 Å². The topological polar surface area (TPSA) is 228 Å². The van der Waals surface area contributed by atoms with Gasteiger partial charge in [0.2, 0.25) is 0 Å². The second-order valence-corrected chi connectivity index (χ2v) is 13.5. The first-order chi connectivity index (χ1) is 19.3. The van der Waals surface area contributed by atoms with Crippen molar-refractivity contribution in [1.82, 2.24) is 31.2 Å². The van der Waals surface area contributed by atoms with Gasteiger partial charge >= 0.3 is 0 Å². The highest BCUT2D eigenvalue weighted by atomic mass is 79.9. The van der Waals surface area contributed by atoms with Crippen molar-refractivity contribution in [2.75, 3.05) is 13.1 Å². The summed E-state index contributed by atoms with van der Waals surface area (Å²) in [5.74, 6) is -3.61. The fraction of sp³-hybridized carbons (Fsp3) is 0.409. The first-order valence-corrected chi connectivity index (χ1v) is 15.7. The van der Waals surface area contributed by atoms with E-state index in [-0.39, 0.29) is 36.4 Å². The lowest BCUT2D eigenvalue weighted by Gasteiger charge is -2.39. The van der Waals surface area contributed by atoms with Gasteiger partial charge in [0.05, 0.1) is 23.5 Å². The number of H-pyrrole nitrogens is 2. The van der Waals surface area contributed by atoms with E-state index in [1.807, 2.05) is 0 Å². The summed E-state index contributed by atoms with van der Waals surface area (Å²) in [4.78, 5) is 53.3. The van der Waals surface area contributed by atoms with Crippen LogP contribution in [0.3, 0.4) is 0 Å². The Morgan fingerprint density at radius 2 is 1.49 bits per heavy atom. The number of nitrogens with one attached hydrogen (secondary N) is 6. The Balaban J connectivity index is 1.49. The summed E-state index contributed by atoms with van der Waals surface area (Å²) in [6.07, 6.45) is -1.45. The molecule has 0 unspecified atom stereocenters. The number of hydrogen-bond acceptors (Lipinski definition) is 9. The number of guanidine groups is 2. The number of aliphatic hydroxyl groups is 1. The van der Waals surface area contributed by atoms with E-state index in [0.717, 1.165) is 0 Å². The standard InChI is InChI=1S/C22H23Br4ClN10O4/c23-7-1-9(32-14(7)25)16(38)30-3-5-6(4-31-17(39)10-2-8(24)15(26)33-10)13(27)22(19(41)36-21(29)37-22)11(5)12-18(40)35-20(28)34-12/h1-2,5-6,11-13,19,32-33,41H,3-4H2,(H,30,38)(H,31,39)(H3,29,36,37)(H3,28,34,35,40)/t5-,6-,11-,12-,13+,19+,22+/m1/s1. The Morgan fingerprint density at radius 1 is 0.951 bits per heavy atom. The van der Waals surface area contributed by atoms with Crippen LogP contribution in [0.1, 0.15) is 21.0 Å². The minimum atomic E-state index is -1.47. The zero-order valence-corrected chi connectivity index (χ0v) is 27.7. The van der Waals surface area contributed by atoms with Crippen molar-refractivity contribution in [2.45, 2.75) is 23.2 Å². The molecule has 0 saturated heterocycles. The van der Waals surface area contributed by atoms with E-state index in [2.05, 4.69) is 105 Å². The van der Waals surface area contributed by atoms with E-state index < -0.39 is 58.7 Å². The minimum Gasteiger partial charge on any atom is -0.370 e. The van der Waals surface area contributed by atoms with Crippen molar-refractivity contribution >= 4 is 105 Å². The summed E-state index contributed by atoms with van der Waals surface area (Å²) in [5.41, 5.74) is 10.9. The van der Waals surface area contributed by atoms with Crippen LogP contribution < -0.4 is 32.7 Å². The smallest absolute Gasteiger partial charge is 0.267 e. The monoisotopic (exact) mass is 842 g/mol. The molecule has 3 amide bonds. The second-order valence-electron chi connectivity index (χ2n) is 9.76. The molecule has 1 aliphatic carbocycles. The van der Waals surface area contributed by atoms with Crippen molar-refractivity contribution in [1.29, 1.82) is 0 Å². The molecule has 19 heteroatoms. The van der Waals surface area contributed by atoms with Crippen LogP contribution in [-0.2, 0) is 4.79 Å². The van der Waals surface area contributed by atoms with E-state index >= 15 is 0 Å². The lowest BCUT2D eigenvalue weighted by Crippen LogP contribution is -2.64. The summed E-state index contributed by atoms with van der Waals surface area (Å²) in [7, 11) is 0. The molecule has 2 aromatic rings. The van der Waals surface area contributed by atoms with Gasteiger partial charge in [0.15, 0.2) is 18.1 Å². The molecular formula is C22H23Br4ClN10O4. The Kier molecular flexibility index (Phi) is 8.52. The number of aromatic amines is 2. The number of hydrogen-bond donors (Lipinski definition) is 9. The van der Waals surface area contributed by atoms with Crippen molar-refractivity contribution in [3.63, 3.8) is 0 Å². The first kappa shape index (κ1) is 30.3. The number of rotatable bonds is 7. The van der Waals surface area contributed by atoms with Gasteiger partial charge in [-0.1, -0.05) is 0 Å². The Labute approximate surface area is 271 Å². The molecule has 14 nitrogen and oxygen atoms in total. The van der Waals surface area contributed by atoms with Crippen molar-refractivity contribution in [3.8, 4) is 0 Å². The number of carbonyl (C=O) groups is 3. The van der Waals surface area contributed by atoms with Crippen LogP contribution in [0.25, 0.3) is 0 Å². The summed E-state index contributed by atoms with van der Waals surface area (Å²) < 4.78 is 2.49. The van der Waals surface area contributed by atoms with Crippen LogP contribution in [0.4, 0.5) is 0 Å². The van der Waals surface area contributed by atoms with Crippen LogP contribution in [0, 0.1) is 17.8 Å². The van der Waals surface area contributed by atoms with Crippen LogP contribution in [-0.4, -0.2) is 81.0 Å². The predicted octanol–water partition coefficient (Wildman–Crippen LogP) is 0.810. The van der Waals surface area contributed by atoms with Crippen molar-refractivity contribution < 1.29 is 19.5 Å². The van der Waals surface area contributed by atoms with Crippen LogP contribution in [0.5, 0.6) is 0 Å². The van der Waals surface area contributed by atoms with E-state index in [9.17, 15) is 19.5 Å². The zero-order valence-electron chi connectivity index (χ0n) is 20.6. The second kappa shape index (κ2) is 11.5. The molecule has 0 radical (unpaired) electrons. The number of aliphatic imine (C=N–C) groups is 2. The van der Waals surface area contributed by atoms with Gasteiger partial charge in [0.25, 0.3) is 17.7 Å². The molecule has 220 valence electrons. The molecule has 3 aliphatic rings. The van der Waals surface area contributed by atoms with Crippen LogP contribution >= 0.6 is 75.3 Å². The van der Waals surface area contributed by atoms with E-state index in [4.69, 9.17) is 23.1 Å². The summed E-state index contributed by atoms with van der Waals surface area (Å²) in [6.45, 7) is 0.0118. The summed E-state index contributed by atoms with van der Waals surface area (Å²) >= 11 is 20.4. The SMILES string of the molecule is NC1=N[C@H]([C@H]2[C@H](CNC(=O)c3cc(Br)c(Br)[nH]3)[C@@H](CNC(=O)c3cc(Br)c(Br)[nH]3)[C@H](Cl)[C@@]23NC(N)=N[C@H]3O)C(=O)N1. The maximum atomic E-state index is 13.1. The molecule has 2 aromatic heterocycles. The van der Waals surface area contributed by atoms with Gasteiger partial charge in [-0.15, -0.1) is 11.6 Å². The van der Waals surface area contributed by atoms with Gasteiger partial charge in [-0.2, -0.15) is 0 Å². The van der Waals surface area contributed by atoms with Gasteiger partial charge in [0, 0.05) is 24.9 Å². The lowest BCUT2D eigenvalue weighted by atomic mass is 9.76. The summed E-state index contributed by atoms with van der Waals surface area (Å²) in [5, 5.41) is 21.5. The highest BCUT2D eigenvalue weighted by Gasteiger charge is 2.68. The highest BCUT2D eigenvalue weighted by Crippen LogP contribution is 2.53. The molecule has 1 spiro atoms. The zero-order chi connectivity index (χ0) is 29.8. The minimum absolute atomic E-state index is 0.00360. The molecule has 5 rings (SSSR count). The highest BCUT2D eigenvalue weighted by molar-refractivity contribution is 9.13. The van der Waals surface area contributed by atoms with Gasteiger partial charge in [-0.05, 0) is 81.8 Å². The normalized spacial score (nSPS) is 30.6. The molecule has 7 atom stereocenters. The van der Waals surface area contributed by atoms with Gasteiger partial charge < -0.3 is 42.5 Å². The summed E-state index contributed by atoms with van der Waals surface area (Å²) in [6, 6.07) is 2.12. The first-order valence-electron chi connectivity index (χ1n) is 12.1. The number of carbonyl (C=O) groups excluding carboxylic acids is 3. The van der Waals surface area contributed by atoms with E-state index in [0.29, 0.717) is 18.2 Å². The van der Waals surface area contributed by atoms with Crippen molar-refractivity contribution in [2.24, 2.45) is 39.2 Å². The number of nitrogens with two attached hydrogens (primary N) is 2. The quantitative estimate of drug-likeness (QED) is 0.182. The average Bonchev–Trinajstić information content (AvgIpc) is 3.66. The lowest BCUT2D eigenvalue weighted by molar-refractivity contribution is -0.122. The molecule has 0 aromatic carbocycles. The number of nitrogens with zero attached hydrogens (tertiary/aromatic N) is 2. The maximum absolute atomic E-state index is 13.1. The Bertz CT molecular complexity index is 1440. The van der Waals surface area contributed by atoms with Crippen LogP contribution in [0.2, 0.25) is 0 Å². The Hall–Kier alpha value is -2.12. The number of amides is 3. The fourth-order valence-corrected chi connectivity index (χ4v) is 7.68. The largest absolute Gasteiger partial charge is 0.370 e. The molecule has 2 aliphatic heterocycles. The molecule has 1 saturated carbocycles. The van der Waals surface area contributed by atoms with Gasteiger partial charge in [0.1, 0.15) is 23.0 Å². The van der Waals surface area contributed by atoms with Crippen molar-refractivity contribution in [3.05, 3.63) is 41.7 Å². The van der Waals surface area contributed by atoms with Gasteiger partial charge in [-0.25, -0.2) is 9.98 Å². The van der Waals surface area contributed by atoms with E-state index in [1.54, 1.807) is 12.1 Å². The molecule has 0 bridgehead atoms. The average molecular weight is 847 g/mol. The van der Waals surface area contributed by atoms with E-state index in [1.165, 1.54) is 0 Å². The predicted molar refractivity (Wildman–Crippen MR) is 164 cm³/mol. The van der Waals surface area contributed by atoms with Crippen LogP contribution in [0.15, 0.2) is 40.3 Å². The molecule has 11 N–H and O–H groups in total. The number of alkyl halides is 1.